The van der Waals surface area contributed by atoms with Crippen molar-refractivity contribution < 1.29 is 4.42 Å². The summed E-state index contributed by atoms with van der Waals surface area (Å²) < 4.78 is 7.88. The van der Waals surface area contributed by atoms with E-state index in [1.54, 1.807) is 0 Å². The molecule has 2 heterocycles. The highest BCUT2D eigenvalue weighted by Crippen LogP contribution is 2.30. The Morgan fingerprint density at radius 1 is 1.29 bits per heavy atom. The summed E-state index contributed by atoms with van der Waals surface area (Å²) in [6, 6.07) is 10.4. The van der Waals surface area contributed by atoms with E-state index in [0.717, 1.165) is 30.0 Å². The van der Waals surface area contributed by atoms with E-state index in [2.05, 4.69) is 36.4 Å². The standard InChI is InChI=1S/C17H21N3O/c1-4-14-15-7-5-6-8-16(15)21-17(14)12(2)18-11-13-9-10-20(3)19-13/h5-10,12,18H,4,11H2,1-3H3. The number of rotatable bonds is 5. The predicted octanol–water partition coefficient (Wildman–Crippen LogP) is 3.58. The lowest BCUT2D eigenvalue weighted by molar-refractivity contribution is 0.443. The predicted molar refractivity (Wildman–Crippen MR) is 84.1 cm³/mol. The van der Waals surface area contributed by atoms with Crippen molar-refractivity contribution in [3.05, 3.63) is 53.5 Å². The number of hydrogen-bond acceptors (Lipinski definition) is 3. The number of furan rings is 1. The second-order valence-electron chi connectivity index (χ2n) is 5.38. The summed E-state index contributed by atoms with van der Waals surface area (Å²) in [5.41, 5.74) is 3.31. The molecule has 3 rings (SSSR count). The van der Waals surface area contributed by atoms with Crippen LogP contribution in [0.2, 0.25) is 0 Å². The van der Waals surface area contributed by atoms with Crippen LogP contribution in [0.15, 0.2) is 40.9 Å². The van der Waals surface area contributed by atoms with Crippen molar-refractivity contribution in [3.8, 4) is 0 Å². The van der Waals surface area contributed by atoms with Gasteiger partial charge in [-0.15, -0.1) is 0 Å². The normalized spacial score (nSPS) is 12.9. The molecule has 0 fully saturated rings. The number of para-hydroxylation sites is 1. The van der Waals surface area contributed by atoms with Crippen LogP contribution < -0.4 is 5.32 Å². The van der Waals surface area contributed by atoms with E-state index >= 15 is 0 Å². The Bertz CT molecular complexity index is 741. The van der Waals surface area contributed by atoms with Gasteiger partial charge < -0.3 is 9.73 Å². The van der Waals surface area contributed by atoms with Crippen LogP contribution in [-0.4, -0.2) is 9.78 Å². The van der Waals surface area contributed by atoms with Crippen molar-refractivity contribution in [1.29, 1.82) is 0 Å². The van der Waals surface area contributed by atoms with E-state index in [1.807, 2.05) is 36.1 Å². The largest absolute Gasteiger partial charge is 0.459 e. The molecule has 21 heavy (non-hydrogen) atoms. The highest BCUT2D eigenvalue weighted by atomic mass is 16.3. The molecule has 1 N–H and O–H groups in total. The number of nitrogens with one attached hydrogen (secondary N) is 1. The molecule has 0 aliphatic carbocycles. The molecule has 0 saturated heterocycles. The summed E-state index contributed by atoms with van der Waals surface area (Å²) in [5, 5.41) is 9.10. The van der Waals surface area contributed by atoms with E-state index in [0.29, 0.717) is 0 Å². The van der Waals surface area contributed by atoms with Crippen molar-refractivity contribution >= 4 is 11.0 Å². The van der Waals surface area contributed by atoms with Gasteiger partial charge in [0.15, 0.2) is 0 Å². The average Bonchev–Trinajstić information content (AvgIpc) is 3.07. The first-order chi connectivity index (χ1) is 10.2. The number of aryl methyl sites for hydroxylation is 2. The monoisotopic (exact) mass is 283 g/mol. The Kier molecular flexibility index (Phi) is 3.80. The van der Waals surface area contributed by atoms with Gasteiger partial charge in [-0.3, -0.25) is 4.68 Å². The number of nitrogens with zero attached hydrogens (tertiary/aromatic N) is 2. The van der Waals surface area contributed by atoms with Gasteiger partial charge in [-0.2, -0.15) is 5.10 Å². The lowest BCUT2D eigenvalue weighted by Crippen LogP contribution is -2.19. The molecule has 110 valence electrons. The topological polar surface area (TPSA) is 43.0 Å². The van der Waals surface area contributed by atoms with Gasteiger partial charge in [-0.1, -0.05) is 25.1 Å². The maximum Gasteiger partial charge on any atom is 0.134 e. The first-order valence-corrected chi connectivity index (χ1v) is 7.41. The van der Waals surface area contributed by atoms with E-state index in [9.17, 15) is 0 Å². The SMILES string of the molecule is CCc1c(C(C)NCc2ccn(C)n2)oc2ccccc12. The minimum Gasteiger partial charge on any atom is -0.459 e. The molecule has 0 bridgehead atoms. The Morgan fingerprint density at radius 2 is 2.10 bits per heavy atom. The number of fused-ring (bicyclic) bond motifs is 1. The van der Waals surface area contributed by atoms with Crippen LogP contribution in [0, 0.1) is 0 Å². The van der Waals surface area contributed by atoms with Crippen LogP contribution in [0.25, 0.3) is 11.0 Å². The Labute approximate surface area is 124 Å². The molecular formula is C17H21N3O. The zero-order chi connectivity index (χ0) is 14.8. The average molecular weight is 283 g/mol. The Morgan fingerprint density at radius 3 is 2.81 bits per heavy atom. The van der Waals surface area contributed by atoms with Crippen LogP contribution in [0.3, 0.4) is 0 Å². The third-order valence-electron chi connectivity index (χ3n) is 3.83. The second kappa shape index (κ2) is 5.74. The third-order valence-corrected chi connectivity index (χ3v) is 3.83. The highest BCUT2D eigenvalue weighted by Gasteiger charge is 2.17. The zero-order valence-electron chi connectivity index (χ0n) is 12.8. The molecule has 0 aliphatic heterocycles. The lowest BCUT2D eigenvalue weighted by atomic mass is 10.1. The third kappa shape index (κ3) is 2.72. The van der Waals surface area contributed by atoms with Gasteiger partial charge in [-0.25, -0.2) is 0 Å². The van der Waals surface area contributed by atoms with Crippen LogP contribution in [0.4, 0.5) is 0 Å². The zero-order valence-corrected chi connectivity index (χ0v) is 12.8. The quantitative estimate of drug-likeness (QED) is 0.778. The lowest BCUT2D eigenvalue weighted by Gasteiger charge is -2.12. The summed E-state index contributed by atoms with van der Waals surface area (Å²) >= 11 is 0. The molecule has 0 spiro atoms. The molecule has 1 aromatic carbocycles. The van der Waals surface area contributed by atoms with Crippen molar-refractivity contribution in [2.75, 3.05) is 0 Å². The number of benzene rings is 1. The van der Waals surface area contributed by atoms with Crippen molar-refractivity contribution in [3.63, 3.8) is 0 Å². The molecule has 0 aliphatic rings. The van der Waals surface area contributed by atoms with Crippen molar-refractivity contribution in [2.24, 2.45) is 7.05 Å². The van der Waals surface area contributed by atoms with Gasteiger partial charge in [0.2, 0.25) is 0 Å². The minimum absolute atomic E-state index is 0.161. The molecule has 0 radical (unpaired) electrons. The van der Waals surface area contributed by atoms with E-state index in [-0.39, 0.29) is 6.04 Å². The van der Waals surface area contributed by atoms with Crippen LogP contribution >= 0.6 is 0 Å². The van der Waals surface area contributed by atoms with Gasteiger partial charge in [0.25, 0.3) is 0 Å². The second-order valence-corrected chi connectivity index (χ2v) is 5.38. The molecule has 0 saturated carbocycles. The first kappa shape index (κ1) is 13.9. The van der Waals surface area contributed by atoms with E-state index in [1.165, 1.54) is 10.9 Å². The Balaban J connectivity index is 1.82. The molecule has 0 amide bonds. The first-order valence-electron chi connectivity index (χ1n) is 7.41. The molecule has 1 atom stereocenters. The number of aromatic nitrogens is 2. The van der Waals surface area contributed by atoms with Crippen molar-refractivity contribution in [2.45, 2.75) is 32.9 Å². The smallest absolute Gasteiger partial charge is 0.134 e. The molecular weight excluding hydrogens is 262 g/mol. The van der Waals surface area contributed by atoms with Crippen LogP contribution in [-0.2, 0) is 20.0 Å². The summed E-state index contributed by atoms with van der Waals surface area (Å²) in [6.07, 6.45) is 2.93. The summed E-state index contributed by atoms with van der Waals surface area (Å²) in [5.74, 6) is 1.04. The fraction of sp³-hybridized carbons (Fsp3) is 0.353. The maximum atomic E-state index is 6.06. The van der Waals surface area contributed by atoms with Gasteiger partial charge in [0, 0.05) is 30.7 Å². The van der Waals surface area contributed by atoms with Gasteiger partial charge in [-0.05, 0) is 25.5 Å². The molecule has 3 aromatic rings. The maximum absolute atomic E-state index is 6.06. The Hall–Kier alpha value is -2.07. The molecule has 2 aromatic heterocycles. The van der Waals surface area contributed by atoms with Gasteiger partial charge in [0.1, 0.15) is 11.3 Å². The molecule has 4 heteroatoms. The van der Waals surface area contributed by atoms with Gasteiger partial charge in [0.05, 0.1) is 11.7 Å². The van der Waals surface area contributed by atoms with Crippen molar-refractivity contribution in [1.82, 2.24) is 15.1 Å². The van der Waals surface area contributed by atoms with E-state index < -0.39 is 0 Å². The minimum atomic E-state index is 0.161. The van der Waals surface area contributed by atoms with Crippen LogP contribution in [0.1, 0.15) is 36.9 Å². The summed E-state index contributed by atoms with van der Waals surface area (Å²) in [6.45, 7) is 5.05. The van der Waals surface area contributed by atoms with Gasteiger partial charge >= 0.3 is 0 Å². The summed E-state index contributed by atoms with van der Waals surface area (Å²) in [4.78, 5) is 0. The summed E-state index contributed by atoms with van der Waals surface area (Å²) in [7, 11) is 1.93. The molecule has 1 unspecified atom stereocenters. The van der Waals surface area contributed by atoms with Crippen LogP contribution in [0.5, 0.6) is 0 Å². The highest BCUT2D eigenvalue weighted by molar-refractivity contribution is 5.82. The molecule has 4 nitrogen and oxygen atoms in total. The van der Waals surface area contributed by atoms with E-state index in [4.69, 9.17) is 4.42 Å². The number of hydrogen-bond donors (Lipinski definition) is 1. The fourth-order valence-electron chi connectivity index (χ4n) is 2.74. The fourth-order valence-corrected chi connectivity index (χ4v) is 2.74.